The van der Waals surface area contributed by atoms with Crippen molar-refractivity contribution in [2.75, 3.05) is 0 Å². The molecule has 2 rings (SSSR count). The quantitative estimate of drug-likeness (QED) is 0.707. The molecule has 0 spiro atoms. The summed E-state index contributed by atoms with van der Waals surface area (Å²) in [5.41, 5.74) is 3.52. The zero-order chi connectivity index (χ0) is 10.1. The van der Waals surface area contributed by atoms with Crippen LogP contribution in [0.15, 0.2) is 35.7 Å². The van der Waals surface area contributed by atoms with E-state index in [1.165, 1.54) is 11.1 Å². The first-order valence-electron chi connectivity index (χ1n) is 4.47. The van der Waals surface area contributed by atoms with E-state index < -0.39 is 0 Å². The average molecular weight is 204 g/mol. The van der Waals surface area contributed by atoms with Crippen LogP contribution in [0.4, 0.5) is 0 Å². The minimum atomic E-state index is 1.01. The van der Waals surface area contributed by atoms with Gasteiger partial charge in [0, 0.05) is 17.3 Å². The fourth-order valence-corrected chi connectivity index (χ4v) is 1.78. The lowest BCUT2D eigenvalue weighted by Crippen LogP contribution is -1.94. The molecule has 0 saturated carbocycles. The third kappa shape index (κ3) is 1.55. The number of rotatable bonds is 1. The van der Waals surface area contributed by atoms with Gasteiger partial charge in [0.2, 0.25) is 0 Å². The van der Waals surface area contributed by atoms with E-state index in [0.717, 1.165) is 10.6 Å². The van der Waals surface area contributed by atoms with Gasteiger partial charge >= 0.3 is 0 Å². The van der Waals surface area contributed by atoms with Crippen molar-refractivity contribution >= 4 is 12.6 Å². The van der Waals surface area contributed by atoms with Crippen LogP contribution in [-0.4, -0.2) is 9.55 Å². The molecule has 0 aliphatic carbocycles. The summed E-state index contributed by atoms with van der Waals surface area (Å²) in [5, 5.41) is 0. The van der Waals surface area contributed by atoms with E-state index in [1.807, 2.05) is 10.8 Å². The number of benzene rings is 1. The minimum Gasteiger partial charge on any atom is -0.305 e. The summed E-state index contributed by atoms with van der Waals surface area (Å²) in [7, 11) is 0. The Kier molecular flexibility index (Phi) is 2.33. The summed E-state index contributed by atoms with van der Waals surface area (Å²) in [6.45, 7) is 4.15. The minimum absolute atomic E-state index is 1.01. The van der Waals surface area contributed by atoms with Gasteiger partial charge in [-0.05, 0) is 31.0 Å². The van der Waals surface area contributed by atoms with Crippen LogP contribution in [0.2, 0.25) is 0 Å². The van der Waals surface area contributed by atoms with Crippen molar-refractivity contribution in [2.45, 2.75) is 18.7 Å². The van der Waals surface area contributed by atoms with E-state index in [0.29, 0.717) is 0 Å². The van der Waals surface area contributed by atoms with Crippen molar-refractivity contribution < 1.29 is 0 Å². The van der Waals surface area contributed by atoms with Gasteiger partial charge in [0.1, 0.15) is 0 Å². The first-order valence-corrected chi connectivity index (χ1v) is 4.92. The Labute approximate surface area is 89.0 Å². The molecule has 3 heteroatoms. The second-order valence-corrected chi connectivity index (χ2v) is 3.87. The van der Waals surface area contributed by atoms with Crippen LogP contribution in [0.25, 0.3) is 5.69 Å². The molecule has 0 saturated heterocycles. The predicted octanol–water partition coefficient (Wildman–Crippen LogP) is 2.78. The third-order valence-electron chi connectivity index (χ3n) is 2.21. The van der Waals surface area contributed by atoms with Gasteiger partial charge in [-0.25, -0.2) is 4.98 Å². The van der Waals surface area contributed by atoms with Gasteiger partial charge in [-0.3, -0.25) is 0 Å². The average Bonchev–Trinajstić information content (AvgIpc) is 2.63. The predicted molar refractivity (Wildman–Crippen MR) is 60.3 cm³/mol. The van der Waals surface area contributed by atoms with Crippen LogP contribution in [0.3, 0.4) is 0 Å². The molecule has 0 fully saturated rings. The molecule has 0 aliphatic heterocycles. The smallest absolute Gasteiger partial charge is 0.0992 e. The van der Waals surface area contributed by atoms with Crippen molar-refractivity contribution in [1.29, 1.82) is 0 Å². The summed E-state index contributed by atoms with van der Waals surface area (Å²) in [6, 6.07) is 4.24. The zero-order valence-corrected chi connectivity index (χ0v) is 9.12. The number of imidazole rings is 1. The van der Waals surface area contributed by atoms with Crippen molar-refractivity contribution in [2.24, 2.45) is 0 Å². The number of nitrogens with zero attached hydrogens (tertiary/aromatic N) is 2. The van der Waals surface area contributed by atoms with E-state index in [1.54, 1.807) is 12.5 Å². The Morgan fingerprint density at radius 1 is 1.29 bits per heavy atom. The Morgan fingerprint density at radius 3 is 2.71 bits per heavy atom. The first-order chi connectivity index (χ1) is 6.68. The standard InChI is InChI=1S/C11H12N2S/c1-8-5-9(2)11(14)10(6-8)13-4-3-12-7-13/h3-7,14H,1-2H3. The molecule has 0 amide bonds. The Morgan fingerprint density at radius 2 is 2.07 bits per heavy atom. The number of hydrogen-bond donors (Lipinski definition) is 1. The number of hydrogen-bond acceptors (Lipinski definition) is 2. The van der Waals surface area contributed by atoms with Gasteiger partial charge in [0.25, 0.3) is 0 Å². The molecule has 1 aromatic carbocycles. The van der Waals surface area contributed by atoms with Crippen LogP contribution in [-0.2, 0) is 0 Å². The zero-order valence-electron chi connectivity index (χ0n) is 8.23. The molecule has 1 aromatic heterocycles. The second-order valence-electron chi connectivity index (χ2n) is 3.42. The lowest BCUT2D eigenvalue weighted by molar-refractivity contribution is 1.01. The molecule has 1 heterocycles. The molecular formula is C11H12N2S. The topological polar surface area (TPSA) is 17.8 Å². The molecule has 0 bridgehead atoms. The highest BCUT2D eigenvalue weighted by atomic mass is 32.1. The molecule has 0 aliphatic rings. The maximum absolute atomic E-state index is 4.50. The van der Waals surface area contributed by atoms with Crippen LogP contribution >= 0.6 is 12.6 Å². The van der Waals surface area contributed by atoms with Crippen LogP contribution in [0.5, 0.6) is 0 Å². The highest BCUT2D eigenvalue weighted by Crippen LogP contribution is 2.23. The maximum Gasteiger partial charge on any atom is 0.0992 e. The number of aromatic nitrogens is 2. The van der Waals surface area contributed by atoms with Crippen LogP contribution < -0.4 is 0 Å². The molecular weight excluding hydrogens is 192 g/mol. The fourth-order valence-electron chi connectivity index (χ4n) is 1.54. The molecule has 0 unspecified atom stereocenters. The normalized spacial score (nSPS) is 10.5. The monoisotopic (exact) mass is 204 g/mol. The summed E-state index contributed by atoms with van der Waals surface area (Å²) in [6.07, 6.45) is 5.48. The SMILES string of the molecule is Cc1cc(C)c(S)c(-n2ccnc2)c1. The van der Waals surface area contributed by atoms with Gasteiger partial charge in [-0.1, -0.05) is 6.07 Å². The maximum atomic E-state index is 4.50. The van der Waals surface area contributed by atoms with E-state index in [2.05, 4.69) is 43.6 Å². The molecule has 0 N–H and O–H groups in total. The van der Waals surface area contributed by atoms with Gasteiger partial charge in [-0.2, -0.15) is 0 Å². The molecule has 2 aromatic rings. The van der Waals surface area contributed by atoms with E-state index in [4.69, 9.17) is 0 Å². The lowest BCUT2D eigenvalue weighted by atomic mass is 10.1. The van der Waals surface area contributed by atoms with Crippen LogP contribution in [0.1, 0.15) is 11.1 Å². The molecule has 0 atom stereocenters. The highest BCUT2D eigenvalue weighted by molar-refractivity contribution is 7.80. The van der Waals surface area contributed by atoms with E-state index >= 15 is 0 Å². The van der Waals surface area contributed by atoms with Gasteiger partial charge < -0.3 is 4.57 Å². The van der Waals surface area contributed by atoms with Crippen molar-refractivity contribution in [3.05, 3.63) is 42.0 Å². The van der Waals surface area contributed by atoms with E-state index in [-0.39, 0.29) is 0 Å². The van der Waals surface area contributed by atoms with Gasteiger partial charge in [-0.15, -0.1) is 12.6 Å². The number of thiol groups is 1. The van der Waals surface area contributed by atoms with Crippen molar-refractivity contribution in [1.82, 2.24) is 9.55 Å². The molecule has 2 nitrogen and oxygen atoms in total. The number of aryl methyl sites for hydroxylation is 2. The second kappa shape index (κ2) is 3.50. The summed E-state index contributed by atoms with van der Waals surface area (Å²) in [5.74, 6) is 0. The molecule has 0 radical (unpaired) electrons. The summed E-state index contributed by atoms with van der Waals surface area (Å²) < 4.78 is 1.97. The largest absolute Gasteiger partial charge is 0.305 e. The van der Waals surface area contributed by atoms with Gasteiger partial charge in [0.15, 0.2) is 0 Å². The van der Waals surface area contributed by atoms with Crippen molar-refractivity contribution in [3.63, 3.8) is 0 Å². The Hall–Kier alpha value is -1.22. The fraction of sp³-hybridized carbons (Fsp3) is 0.182. The summed E-state index contributed by atoms with van der Waals surface area (Å²) in [4.78, 5) is 5.04. The van der Waals surface area contributed by atoms with Gasteiger partial charge in [0.05, 0.1) is 12.0 Å². The lowest BCUT2D eigenvalue weighted by Gasteiger charge is -2.09. The van der Waals surface area contributed by atoms with Crippen LogP contribution in [0, 0.1) is 13.8 Å². The Balaban J connectivity index is 2.64. The van der Waals surface area contributed by atoms with E-state index in [9.17, 15) is 0 Å². The molecule has 72 valence electrons. The molecule has 14 heavy (non-hydrogen) atoms. The highest BCUT2D eigenvalue weighted by Gasteiger charge is 2.04. The first kappa shape index (κ1) is 9.34. The third-order valence-corrected chi connectivity index (χ3v) is 2.79. The summed E-state index contributed by atoms with van der Waals surface area (Å²) >= 11 is 4.50. The Bertz CT molecular complexity index is 447. The van der Waals surface area contributed by atoms with Crippen molar-refractivity contribution in [3.8, 4) is 5.69 Å².